The van der Waals surface area contributed by atoms with Crippen molar-refractivity contribution in [3.8, 4) is 5.75 Å². The molecule has 2 rings (SSSR count). The largest absolute Gasteiger partial charge is 0.490 e. The average molecular weight is 347 g/mol. The monoisotopic (exact) mass is 346 g/mol. The van der Waals surface area contributed by atoms with E-state index in [2.05, 4.69) is 15.9 Å². The molecule has 3 nitrogen and oxygen atoms in total. The molecule has 0 saturated heterocycles. The Kier molecular flexibility index (Phi) is 4.90. The van der Waals surface area contributed by atoms with Gasteiger partial charge in [-0.2, -0.15) is 0 Å². The molecule has 1 aliphatic rings. The molecule has 2 atom stereocenters. The summed E-state index contributed by atoms with van der Waals surface area (Å²) in [7, 11) is -2.96. The number of ether oxygens (including phenoxy) is 1. The molecule has 0 spiro atoms. The van der Waals surface area contributed by atoms with Gasteiger partial charge in [-0.25, -0.2) is 8.42 Å². The molecule has 1 saturated carbocycles. The number of hydrogen-bond acceptors (Lipinski definition) is 3. The van der Waals surface area contributed by atoms with Crippen molar-refractivity contribution in [3.05, 3.63) is 29.8 Å². The molecule has 5 heteroatoms. The van der Waals surface area contributed by atoms with Gasteiger partial charge in [-0.05, 0) is 25.3 Å². The molecule has 0 aromatic heterocycles. The Hall–Kier alpha value is -0.550. The molecule has 0 amide bonds. The normalized spacial score (nSPS) is 24.1. The fourth-order valence-electron chi connectivity index (χ4n) is 2.51. The zero-order valence-corrected chi connectivity index (χ0v) is 13.4. The Morgan fingerprint density at radius 3 is 2.74 bits per heavy atom. The van der Waals surface area contributed by atoms with E-state index in [-0.39, 0.29) is 11.4 Å². The fraction of sp³-hybridized carbons (Fsp3) is 0.571. The van der Waals surface area contributed by atoms with Crippen LogP contribution in [0.25, 0.3) is 0 Å². The van der Waals surface area contributed by atoms with Crippen molar-refractivity contribution in [2.75, 3.05) is 6.26 Å². The van der Waals surface area contributed by atoms with E-state index in [1.54, 1.807) is 0 Å². The van der Waals surface area contributed by atoms with Crippen molar-refractivity contribution in [1.29, 1.82) is 0 Å². The van der Waals surface area contributed by atoms with E-state index < -0.39 is 9.84 Å². The van der Waals surface area contributed by atoms with Crippen LogP contribution in [0.2, 0.25) is 0 Å². The predicted octanol–water partition coefficient (Wildman–Crippen LogP) is 3.32. The number of rotatable bonds is 4. The molecular formula is C14H19BrO3S. The molecule has 0 bridgehead atoms. The smallest absolute Gasteiger partial charge is 0.150 e. The molecule has 19 heavy (non-hydrogen) atoms. The highest BCUT2D eigenvalue weighted by Crippen LogP contribution is 2.29. The van der Waals surface area contributed by atoms with Crippen LogP contribution in [0.4, 0.5) is 0 Å². The Morgan fingerprint density at radius 2 is 2.05 bits per heavy atom. The Labute approximate surface area is 123 Å². The first kappa shape index (κ1) is 14.9. The summed E-state index contributed by atoms with van der Waals surface area (Å²) >= 11 is 3.44. The topological polar surface area (TPSA) is 43.4 Å². The van der Waals surface area contributed by atoms with Crippen molar-refractivity contribution < 1.29 is 13.2 Å². The molecule has 0 radical (unpaired) electrons. The summed E-state index contributed by atoms with van der Waals surface area (Å²) in [6.45, 7) is 0. The second kappa shape index (κ2) is 6.27. The van der Waals surface area contributed by atoms with Crippen molar-refractivity contribution >= 4 is 25.8 Å². The first-order valence-electron chi connectivity index (χ1n) is 6.50. The minimum absolute atomic E-state index is 0.00803. The first-order chi connectivity index (χ1) is 9.00. The lowest BCUT2D eigenvalue weighted by atomic mass is 9.97. The van der Waals surface area contributed by atoms with Crippen LogP contribution in [0.3, 0.4) is 0 Å². The van der Waals surface area contributed by atoms with Crippen molar-refractivity contribution in [2.45, 2.75) is 42.4 Å². The molecule has 2 unspecified atom stereocenters. The molecule has 0 N–H and O–H groups in total. The van der Waals surface area contributed by atoms with Crippen LogP contribution in [0, 0.1) is 0 Å². The minimum atomic E-state index is -2.96. The van der Waals surface area contributed by atoms with Crippen LogP contribution in [0.5, 0.6) is 5.75 Å². The van der Waals surface area contributed by atoms with Gasteiger partial charge in [0, 0.05) is 23.6 Å². The maximum Gasteiger partial charge on any atom is 0.150 e. The van der Waals surface area contributed by atoms with Crippen LogP contribution in [0.1, 0.15) is 31.2 Å². The van der Waals surface area contributed by atoms with E-state index >= 15 is 0 Å². The molecule has 1 aromatic carbocycles. The van der Waals surface area contributed by atoms with Crippen LogP contribution in [-0.4, -0.2) is 26.0 Å². The average Bonchev–Trinajstić information content (AvgIpc) is 2.39. The zero-order valence-electron chi connectivity index (χ0n) is 11.0. The number of alkyl halides is 1. The van der Waals surface area contributed by atoms with E-state index in [1.165, 1.54) is 6.26 Å². The standard InChI is InChI=1S/C14H19BrO3S/c1-19(16,17)13-7-4-6-12(9-13)18-14-8-3-2-5-11(14)10-15/h2-3,5,8,12-13H,4,6-7,9-10H2,1H3. The molecule has 0 aliphatic heterocycles. The summed E-state index contributed by atoms with van der Waals surface area (Å²) in [5, 5.41) is 0.494. The van der Waals surface area contributed by atoms with Gasteiger partial charge in [-0.3, -0.25) is 0 Å². The molecule has 106 valence electrons. The van der Waals surface area contributed by atoms with E-state index in [0.29, 0.717) is 6.42 Å². The highest BCUT2D eigenvalue weighted by molar-refractivity contribution is 9.08. The van der Waals surface area contributed by atoms with Gasteiger partial charge in [0.15, 0.2) is 0 Å². The maximum atomic E-state index is 11.6. The van der Waals surface area contributed by atoms with Gasteiger partial charge >= 0.3 is 0 Å². The molecule has 1 fully saturated rings. The highest BCUT2D eigenvalue weighted by Gasteiger charge is 2.30. The third-order valence-corrected chi connectivity index (χ3v) is 5.84. The van der Waals surface area contributed by atoms with E-state index in [4.69, 9.17) is 4.74 Å². The van der Waals surface area contributed by atoms with Gasteiger partial charge in [-0.1, -0.05) is 34.1 Å². The second-order valence-electron chi connectivity index (χ2n) is 5.10. The fourth-order valence-corrected chi connectivity index (χ4v) is 4.13. The van der Waals surface area contributed by atoms with Crippen LogP contribution in [-0.2, 0) is 15.2 Å². The molecule has 0 heterocycles. The quantitative estimate of drug-likeness (QED) is 0.785. The van der Waals surface area contributed by atoms with E-state index in [1.807, 2.05) is 24.3 Å². The van der Waals surface area contributed by atoms with E-state index in [0.717, 1.165) is 35.9 Å². The lowest BCUT2D eigenvalue weighted by Crippen LogP contribution is -2.33. The SMILES string of the molecule is CS(=O)(=O)C1CCCC(Oc2ccccc2CBr)C1. The minimum Gasteiger partial charge on any atom is -0.490 e. The summed E-state index contributed by atoms with van der Waals surface area (Å²) in [6, 6.07) is 7.88. The zero-order chi connectivity index (χ0) is 13.9. The van der Waals surface area contributed by atoms with Gasteiger partial charge < -0.3 is 4.74 Å². The van der Waals surface area contributed by atoms with Gasteiger partial charge in [0.2, 0.25) is 0 Å². The lowest BCUT2D eigenvalue weighted by molar-refractivity contribution is 0.155. The molecular weight excluding hydrogens is 328 g/mol. The number of hydrogen-bond donors (Lipinski definition) is 0. The Balaban J connectivity index is 2.07. The Morgan fingerprint density at radius 1 is 1.32 bits per heavy atom. The van der Waals surface area contributed by atoms with Crippen LogP contribution in [0.15, 0.2) is 24.3 Å². The third kappa shape index (κ3) is 3.96. The maximum absolute atomic E-state index is 11.6. The van der Waals surface area contributed by atoms with Gasteiger partial charge in [0.25, 0.3) is 0 Å². The predicted molar refractivity (Wildman–Crippen MR) is 80.6 cm³/mol. The summed E-state index contributed by atoms with van der Waals surface area (Å²) in [4.78, 5) is 0. The van der Waals surface area contributed by atoms with Gasteiger partial charge in [0.05, 0.1) is 11.4 Å². The number of para-hydroxylation sites is 1. The lowest BCUT2D eigenvalue weighted by Gasteiger charge is -2.29. The van der Waals surface area contributed by atoms with Crippen molar-refractivity contribution in [2.24, 2.45) is 0 Å². The first-order valence-corrected chi connectivity index (χ1v) is 9.57. The summed E-state index contributed by atoms with van der Waals surface area (Å²) < 4.78 is 29.3. The molecule has 1 aromatic rings. The molecule has 1 aliphatic carbocycles. The van der Waals surface area contributed by atoms with Crippen LogP contribution >= 0.6 is 15.9 Å². The van der Waals surface area contributed by atoms with Crippen molar-refractivity contribution in [1.82, 2.24) is 0 Å². The highest BCUT2D eigenvalue weighted by atomic mass is 79.9. The summed E-state index contributed by atoms with van der Waals surface area (Å²) in [6.07, 6.45) is 4.55. The Bertz CT molecular complexity index is 527. The van der Waals surface area contributed by atoms with E-state index in [9.17, 15) is 8.42 Å². The number of halogens is 1. The summed E-state index contributed by atoms with van der Waals surface area (Å²) in [5.41, 5.74) is 1.10. The van der Waals surface area contributed by atoms with Gasteiger partial charge in [-0.15, -0.1) is 0 Å². The third-order valence-electron chi connectivity index (χ3n) is 3.59. The van der Waals surface area contributed by atoms with Crippen molar-refractivity contribution in [3.63, 3.8) is 0 Å². The summed E-state index contributed by atoms with van der Waals surface area (Å²) in [5.74, 6) is 0.860. The second-order valence-corrected chi connectivity index (χ2v) is 7.99. The number of benzene rings is 1. The number of sulfone groups is 1. The van der Waals surface area contributed by atoms with Crippen LogP contribution < -0.4 is 4.74 Å². The van der Waals surface area contributed by atoms with Gasteiger partial charge in [0.1, 0.15) is 15.6 Å².